The molecule has 0 radical (unpaired) electrons. The van der Waals surface area contributed by atoms with E-state index in [1.54, 1.807) is 24.3 Å². The first kappa shape index (κ1) is 27.4. The molecule has 7 heteroatoms. The molecule has 0 aliphatic rings. The van der Waals surface area contributed by atoms with Crippen LogP contribution in [0.2, 0.25) is 0 Å². The maximum absolute atomic E-state index is 12.4. The van der Waals surface area contributed by atoms with E-state index in [0.717, 1.165) is 23.0 Å². The number of carbonyl (C=O) groups excluding carboxylic acids is 2. The zero-order valence-corrected chi connectivity index (χ0v) is 22.9. The number of benzene rings is 4. The van der Waals surface area contributed by atoms with Gasteiger partial charge in [-0.05, 0) is 34.2 Å². The predicted molar refractivity (Wildman–Crippen MR) is 157 cm³/mol. The van der Waals surface area contributed by atoms with Gasteiger partial charge in [-0.15, -0.1) is 0 Å². The third-order valence-electron chi connectivity index (χ3n) is 6.71. The van der Waals surface area contributed by atoms with Crippen molar-refractivity contribution in [2.24, 2.45) is 5.73 Å². The zero-order chi connectivity index (χ0) is 28.8. The summed E-state index contributed by atoms with van der Waals surface area (Å²) in [5, 5.41) is 4.04. The van der Waals surface area contributed by atoms with Crippen molar-refractivity contribution in [3.8, 4) is 33.9 Å². The molecule has 7 nitrogen and oxygen atoms in total. The van der Waals surface area contributed by atoms with E-state index in [1.165, 1.54) is 0 Å². The summed E-state index contributed by atoms with van der Waals surface area (Å²) >= 11 is 0. The predicted octanol–water partition coefficient (Wildman–Crippen LogP) is 7.20. The Labute approximate surface area is 238 Å². The number of primary amides is 1. The van der Waals surface area contributed by atoms with Crippen molar-refractivity contribution in [3.05, 3.63) is 125 Å². The fourth-order valence-corrected chi connectivity index (χ4v) is 4.56. The van der Waals surface area contributed by atoms with Gasteiger partial charge in [-0.1, -0.05) is 104 Å². The summed E-state index contributed by atoms with van der Waals surface area (Å²) in [6.07, 6.45) is 0.756. The molecule has 5 rings (SSSR count). The van der Waals surface area contributed by atoms with E-state index >= 15 is 0 Å². The van der Waals surface area contributed by atoms with Crippen LogP contribution in [0.5, 0.6) is 11.5 Å². The molecule has 1 amide bonds. The Hall–Kier alpha value is -5.17. The zero-order valence-electron chi connectivity index (χ0n) is 22.9. The molecule has 41 heavy (non-hydrogen) atoms. The van der Waals surface area contributed by atoms with Crippen molar-refractivity contribution in [2.45, 2.75) is 33.0 Å². The summed E-state index contributed by atoms with van der Waals surface area (Å²) in [5.41, 5.74) is 10.8. The van der Waals surface area contributed by atoms with E-state index in [-0.39, 0.29) is 11.6 Å². The third-order valence-corrected chi connectivity index (χ3v) is 6.71. The Morgan fingerprint density at radius 3 is 1.98 bits per heavy atom. The first-order valence-corrected chi connectivity index (χ1v) is 13.3. The molecule has 0 saturated heterocycles. The first-order chi connectivity index (χ1) is 19.9. The van der Waals surface area contributed by atoms with Gasteiger partial charge in [0.15, 0.2) is 11.5 Å². The molecular formula is C34H30N2O5. The van der Waals surface area contributed by atoms with Crippen molar-refractivity contribution in [1.82, 2.24) is 5.16 Å². The molecule has 0 unspecified atom stereocenters. The normalized spacial score (nSPS) is 10.9. The highest BCUT2D eigenvalue weighted by Crippen LogP contribution is 2.44. The second-order valence-electron chi connectivity index (χ2n) is 9.93. The smallest absolute Gasteiger partial charge is 0.271 e. The van der Waals surface area contributed by atoms with Gasteiger partial charge in [0.25, 0.3) is 5.91 Å². The monoisotopic (exact) mass is 546 g/mol. The SMILES string of the molecule is CC(C)c1cc(-c2onc(C(N)=O)c2-c2ccc(C=O)cc2)c(OCc2ccccc2)cc1OCc1ccccc1. The van der Waals surface area contributed by atoms with E-state index in [2.05, 4.69) is 19.0 Å². The second kappa shape index (κ2) is 12.3. The van der Waals surface area contributed by atoms with Crippen LogP contribution in [0.25, 0.3) is 22.5 Å². The molecule has 0 atom stereocenters. The van der Waals surface area contributed by atoms with Crippen LogP contribution in [0.3, 0.4) is 0 Å². The van der Waals surface area contributed by atoms with Gasteiger partial charge in [-0.2, -0.15) is 0 Å². The molecular weight excluding hydrogens is 516 g/mol. The molecule has 1 heterocycles. The van der Waals surface area contributed by atoms with Crippen molar-refractivity contribution < 1.29 is 23.6 Å². The summed E-state index contributed by atoms with van der Waals surface area (Å²) in [6.45, 7) is 4.84. The molecule has 0 aliphatic carbocycles. The maximum Gasteiger partial charge on any atom is 0.271 e. The Balaban J connectivity index is 1.65. The lowest BCUT2D eigenvalue weighted by atomic mass is 9.94. The summed E-state index contributed by atoms with van der Waals surface area (Å²) < 4.78 is 18.5. The summed E-state index contributed by atoms with van der Waals surface area (Å²) in [7, 11) is 0. The van der Waals surface area contributed by atoms with Crippen molar-refractivity contribution >= 4 is 12.2 Å². The van der Waals surface area contributed by atoms with Crippen LogP contribution >= 0.6 is 0 Å². The van der Waals surface area contributed by atoms with Crippen LogP contribution in [0.1, 0.15) is 57.3 Å². The number of aldehydes is 1. The van der Waals surface area contributed by atoms with Gasteiger partial charge in [-0.3, -0.25) is 9.59 Å². The Bertz CT molecular complexity index is 1640. The summed E-state index contributed by atoms with van der Waals surface area (Å²) in [6, 6.07) is 30.4. The van der Waals surface area contributed by atoms with Crippen LogP contribution in [-0.2, 0) is 13.2 Å². The number of hydrogen-bond acceptors (Lipinski definition) is 6. The molecule has 4 aromatic carbocycles. The van der Waals surface area contributed by atoms with Crippen LogP contribution in [0.15, 0.2) is 102 Å². The number of rotatable bonds is 11. The number of amides is 1. The molecule has 1 aromatic heterocycles. The first-order valence-electron chi connectivity index (χ1n) is 13.3. The van der Waals surface area contributed by atoms with Gasteiger partial charge in [0.1, 0.15) is 31.0 Å². The second-order valence-corrected chi connectivity index (χ2v) is 9.93. The van der Waals surface area contributed by atoms with E-state index in [0.29, 0.717) is 52.7 Å². The number of hydrogen-bond donors (Lipinski definition) is 1. The van der Waals surface area contributed by atoms with E-state index in [4.69, 9.17) is 19.7 Å². The quantitative estimate of drug-likeness (QED) is 0.176. The largest absolute Gasteiger partial charge is 0.488 e. The number of aromatic nitrogens is 1. The van der Waals surface area contributed by atoms with Gasteiger partial charge in [0, 0.05) is 11.6 Å². The third kappa shape index (κ3) is 6.20. The minimum Gasteiger partial charge on any atom is -0.488 e. The lowest BCUT2D eigenvalue weighted by Gasteiger charge is -2.19. The minimum atomic E-state index is -0.729. The topological polar surface area (TPSA) is 105 Å². The maximum atomic E-state index is 12.4. The lowest BCUT2D eigenvalue weighted by Crippen LogP contribution is -2.12. The number of nitrogens with zero attached hydrogens (tertiary/aromatic N) is 1. The van der Waals surface area contributed by atoms with Crippen LogP contribution in [0.4, 0.5) is 0 Å². The van der Waals surface area contributed by atoms with Crippen molar-refractivity contribution in [3.63, 3.8) is 0 Å². The number of nitrogens with two attached hydrogens (primary N) is 1. The van der Waals surface area contributed by atoms with Crippen molar-refractivity contribution in [2.75, 3.05) is 0 Å². The molecule has 0 aliphatic heterocycles. The molecule has 5 aromatic rings. The van der Waals surface area contributed by atoms with Crippen LogP contribution in [0, 0.1) is 0 Å². The van der Waals surface area contributed by atoms with Gasteiger partial charge in [-0.25, -0.2) is 0 Å². The molecule has 0 bridgehead atoms. The van der Waals surface area contributed by atoms with E-state index in [9.17, 15) is 9.59 Å². The molecule has 2 N–H and O–H groups in total. The van der Waals surface area contributed by atoms with Crippen molar-refractivity contribution in [1.29, 1.82) is 0 Å². The van der Waals surface area contributed by atoms with Gasteiger partial charge in [0.05, 0.1) is 11.1 Å². The van der Waals surface area contributed by atoms with Gasteiger partial charge < -0.3 is 19.7 Å². The molecule has 0 saturated carbocycles. The molecule has 0 spiro atoms. The fraction of sp³-hybridized carbons (Fsp3) is 0.147. The Morgan fingerprint density at radius 1 is 0.854 bits per heavy atom. The highest BCUT2D eigenvalue weighted by Gasteiger charge is 2.27. The summed E-state index contributed by atoms with van der Waals surface area (Å²) in [5.74, 6) is 0.878. The Kier molecular flexibility index (Phi) is 8.25. The summed E-state index contributed by atoms with van der Waals surface area (Å²) in [4.78, 5) is 23.6. The standard InChI is InChI=1S/C34H30N2O5/c1-22(2)27-17-28(33-31(32(34(35)38)36-41-33)26-15-13-23(19-37)14-16-26)30(40-21-25-11-7-4-8-12-25)18-29(27)39-20-24-9-5-3-6-10-24/h3-19,22H,20-21H2,1-2H3,(H2,35,38). The van der Waals surface area contributed by atoms with E-state index in [1.807, 2.05) is 72.8 Å². The molecule has 0 fully saturated rings. The van der Waals surface area contributed by atoms with E-state index < -0.39 is 5.91 Å². The van der Waals surface area contributed by atoms with Gasteiger partial charge >= 0.3 is 0 Å². The molecule has 206 valence electrons. The lowest BCUT2D eigenvalue weighted by molar-refractivity contribution is 0.0991. The fourth-order valence-electron chi connectivity index (χ4n) is 4.56. The average molecular weight is 547 g/mol. The average Bonchev–Trinajstić information content (AvgIpc) is 3.45. The van der Waals surface area contributed by atoms with Crippen LogP contribution in [-0.4, -0.2) is 17.4 Å². The minimum absolute atomic E-state index is 0.0108. The highest BCUT2D eigenvalue weighted by atomic mass is 16.5. The Morgan fingerprint density at radius 2 is 1.44 bits per heavy atom. The highest BCUT2D eigenvalue weighted by molar-refractivity contribution is 6.02. The number of ether oxygens (including phenoxy) is 2. The van der Waals surface area contributed by atoms with Gasteiger partial charge in [0.2, 0.25) is 0 Å². The number of carbonyl (C=O) groups is 2. The van der Waals surface area contributed by atoms with Crippen LogP contribution < -0.4 is 15.2 Å².